The van der Waals surface area contributed by atoms with Gasteiger partial charge in [-0.2, -0.15) is 39.5 Å². The third-order valence-electron chi connectivity index (χ3n) is 5.33. The van der Waals surface area contributed by atoms with E-state index in [1.54, 1.807) is 18.5 Å². The maximum absolute atomic E-state index is 13.7. The van der Waals surface area contributed by atoms with Gasteiger partial charge in [0.05, 0.1) is 12.2 Å². The van der Waals surface area contributed by atoms with Gasteiger partial charge in [-0.3, -0.25) is 9.88 Å². The molecule has 3 N–H and O–H groups in total. The summed E-state index contributed by atoms with van der Waals surface area (Å²) in [6, 6.07) is 6.97. The Balaban J connectivity index is 0.000000396. The van der Waals surface area contributed by atoms with Crippen molar-refractivity contribution in [3.05, 3.63) is 54.2 Å². The summed E-state index contributed by atoms with van der Waals surface area (Å²) >= 11 is 0. The predicted octanol–water partition coefficient (Wildman–Crippen LogP) is 4.33. The van der Waals surface area contributed by atoms with Crippen LogP contribution in [0.3, 0.4) is 0 Å². The highest BCUT2D eigenvalue weighted by atomic mass is 19.4. The first-order chi connectivity index (χ1) is 20.6. The van der Waals surface area contributed by atoms with E-state index in [-0.39, 0.29) is 17.6 Å². The number of likely N-dealkylation sites (tertiary alicyclic amines) is 1. The van der Waals surface area contributed by atoms with Crippen molar-refractivity contribution in [2.45, 2.75) is 49.6 Å². The number of hydrogen-bond acceptors (Lipinski definition) is 8. The van der Waals surface area contributed by atoms with Crippen molar-refractivity contribution in [2.24, 2.45) is 0 Å². The molecule has 4 heterocycles. The summed E-state index contributed by atoms with van der Waals surface area (Å²) in [5, 5.41) is 21.4. The second-order valence-electron chi connectivity index (χ2n) is 8.97. The Morgan fingerprint density at radius 3 is 1.80 bits per heavy atom. The first kappa shape index (κ1) is 38.8. The molecule has 11 nitrogen and oxygen atoms in total. The van der Waals surface area contributed by atoms with Crippen LogP contribution in [0.25, 0.3) is 0 Å². The number of aliphatic carboxylic acids is 3. The fraction of sp³-hybridized carbons (Fsp3) is 0.458. The zero-order chi connectivity index (χ0) is 34.6. The van der Waals surface area contributed by atoms with Crippen LogP contribution in [0, 0.1) is 5.82 Å². The van der Waals surface area contributed by atoms with Gasteiger partial charge in [0.2, 0.25) is 0 Å². The number of carboxylic acids is 3. The lowest BCUT2D eigenvalue weighted by molar-refractivity contribution is -0.193. The van der Waals surface area contributed by atoms with E-state index in [0.717, 1.165) is 32.5 Å². The lowest BCUT2D eigenvalue weighted by Crippen LogP contribution is -2.65. The van der Waals surface area contributed by atoms with Crippen molar-refractivity contribution in [3.8, 4) is 5.88 Å². The summed E-state index contributed by atoms with van der Waals surface area (Å²) in [6.07, 6.45) is -8.55. The summed E-state index contributed by atoms with van der Waals surface area (Å²) in [4.78, 5) is 37.1. The summed E-state index contributed by atoms with van der Waals surface area (Å²) in [6.45, 7) is 3.25. The number of carboxylic acid groups (broad SMARTS) is 3. The van der Waals surface area contributed by atoms with E-state index in [9.17, 15) is 43.9 Å². The molecule has 2 aliphatic heterocycles. The Bertz CT molecular complexity index is 1200. The van der Waals surface area contributed by atoms with Gasteiger partial charge >= 0.3 is 36.4 Å². The number of aromatic nitrogens is 2. The average Bonchev–Trinajstić information content (AvgIpc) is 2.89. The topological polar surface area (TPSA) is 159 Å². The number of ether oxygens (including phenoxy) is 2. The molecule has 4 rings (SSSR count). The smallest absolute Gasteiger partial charge is 0.475 e. The lowest BCUT2D eigenvalue weighted by Gasteiger charge is -2.53. The van der Waals surface area contributed by atoms with Gasteiger partial charge in [0, 0.05) is 51.1 Å². The van der Waals surface area contributed by atoms with Crippen LogP contribution in [-0.4, -0.2) is 98.0 Å². The molecule has 45 heavy (non-hydrogen) atoms. The van der Waals surface area contributed by atoms with Crippen LogP contribution in [0.4, 0.5) is 43.9 Å². The second-order valence-corrected chi connectivity index (χ2v) is 8.97. The van der Waals surface area contributed by atoms with Gasteiger partial charge in [-0.25, -0.2) is 23.8 Å². The molecular formula is C24H23F10N3O8. The number of hydrogen-bond donors (Lipinski definition) is 3. The zero-order valence-electron chi connectivity index (χ0n) is 22.4. The maximum Gasteiger partial charge on any atom is 0.490 e. The van der Waals surface area contributed by atoms with Crippen LogP contribution in [0.5, 0.6) is 5.88 Å². The first-order valence-corrected chi connectivity index (χ1v) is 12.0. The fourth-order valence-electron chi connectivity index (χ4n) is 3.55. The Hall–Kier alpha value is -4.27. The molecule has 2 fully saturated rings. The largest absolute Gasteiger partial charge is 0.490 e. The van der Waals surface area contributed by atoms with Gasteiger partial charge < -0.3 is 24.8 Å². The van der Waals surface area contributed by atoms with Gasteiger partial charge in [-0.15, -0.1) is 0 Å². The van der Waals surface area contributed by atoms with Crippen LogP contribution in [0.15, 0.2) is 42.9 Å². The van der Waals surface area contributed by atoms with Crippen molar-refractivity contribution >= 4 is 17.9 Å². The van der Waals surface area contributed by atoms with E-state index >= 15 is 0 Å². The normalized spacial score (nSPS) is 17.5. The molecule has 21 heteroatoms. The monoisotopic (exact) mass is 671 g/mol. The zero-order valence-corrected chi connectivity index (χ0v) is 22.4. The molecule has 1 unspecified atom stereocenters. The van der Waals surface area contributed by atoms with Gasteiger partial charge in [0.25, 0.3) is 5.88 Å². The van der Waals surface area contributed by atoms with E-state index in [4.69, 9.17) is 39.2 Å². The van der Waals surface area contributed by atoms with Gasteiger partial charge in [-0.05, 0) is 23.8 Å². The summed E-state index contributed by atoms with van der Waals surface area (Å²) in [5.74, 6) is -8.59. The Kier molecular flexibility index (Phi) is 13.9. The molecule has 0 aliphatic carbocycles. The average molecular weight is 671 g/mol. The van der Waals surface area contributed by atoms with Crippen molar-refractivity contribution in [2.75, 3.05) is 19.7 Å². The van der Waals surface area contributed by atoms with Crippen molar-refractivity contribution in [1.82, 2.24) is 14.9 Å². The van der Waals surface area contributed by atoms with Crippen LogP contribution in [0.2, 0.25) is 0 Å². The molecule has 0 saturated carbocycles. The van der Waals surface area contributed by atoms with E-state index in [2.05, 4.69) is 20.9 Å². The number of alkyl halides is 9. The van der Waals surface area contributed by atoms with Crippen LogP contribution >= 0.6 is 0 Å². The highest BCUT2D eigenvalue weighted by Gasteiger charge is 2.48. The predicted molar refractivity (Wildman–Crippen MR) is 127 cm³/mol. The SMILES string of the molecule is Fc1cccnc1OC1CCOC2(C1)CN(Cc1cccnc1)C2.O=C(O)C(F)(F)F.O=C(O)C(F)(F)F.O=C(O)C(F)(F)F. The molecule has 0 radical (unpaired) electrons. The standard InChI is InChI=1S/C18H20FN3O2.3C2HF3O2/c19-16-4-2-7-21-17(16)24-15-5-8-23-18(9-15)12-22(13-18)11-14-3-1-6-20-10-14;3*3-2(4,5)1(6)7/h1-4,6-7,10,15H,5,8-9,11-13H2;3*(H,6,7). The van der Waals surface area contributed by atoms with Crippen molar-refractivity contribution in [3.63, 3.8) is 0 Å². The molecule has 2 saturated heterocycles. The second kappa shape index (κ2) is 16.2. The van der Waals surface area contributed by atoms with Crippen LogP contribution in [0.1, 0.15) is 18.4 Å². The van der Waals surface area contributed by atoms with Crippen molar-refractivity contribution < 1.29 is 83.1 Å². The molecular weight excluding hydrogens is 648 g/mol. The summed E-state index contributed by atoms with van der Waals surface area (Å²) < 4.78 is 121. The molecule has 1 spiro atoms. The molecule has 0 amide bonds. The maximum atomic E-state index is 13.7. The fourth-order valence-corrected chi connectivity index (χ4v) is 3.55. The quantitative estimate of drug-likeness (QED) is 0.398. The molecule has 252 valence electrons. The van der Waals surface area contributed by atoms with Crippen LogP contribution in [-0.2, 0) is 25.7 Å². The third-order valence-corrected chi connectivity index (χ3v) is 5.33. The molecule has 2 aliphatic rings. The molecule has 2 aromatic rings. The number of rotatable bonds is 4. The third kappa shape index (κ3) is 14.4. The van der Waals surface area contributed by atoms with Crippen LogP contribution < -0.4 is 4.74 Å². The Morgan fingerprint density at radius 2 is 1.38 bits per heavy atom. The minimum Gasteiger partial charge on any atom is -0.475 e. The number of pyridine rings is 2. The first-order valence-electron chi connectivity index (χ1n) is 12.0. The van der Waals surface area contributed by atoms with E-state index < -0.39 is 42.3 Å². The highest BCUT2D eigenvalue weighted by molar-refractivity contribution is 5.73. The minimum absolute atomic E-state index is 0.0521. The van der Waals surface area contributed by atoms with Gasteiger partial charge in [-0.1, -0.05) is 6.07 Å². The molecule has 0 bridgehead atoms. The minimum atomic E-state index is -5.08. The Morgan fingerprint density at radius 1 is 0.889 bits per heavy atom. The van der Waals surface area contributed by atoms with E-state index in [1.165, 1.54) is 11.6 Å². The lowest BCUT2D eigenvalue weighted by atomic mass is 9.84. The molecule has 2 aromatic heterocycles. The summed E-state index contributed by atoms with van der Waals surface area (Å²) in [5.41, 5.74) is 1.03. The number of halogens is 10. The van der Waals surface area contributed by atoms with Gasteiger partial charge in [0.1, 0.15) is 6.10 Å². The number of nitrogens with zero attached hydrogens (tertiary/aromatic N) is 3. The van der Waals surface area contributed by atoms with Crippen molar-refractivity contribution in [1.29, 1.82) is 0 Å². The molecule has 1 atom stereocenters. The number of carbonyl (C=O) groups is 3. The Labute approximate surface area is 246 Å². The van der Waals surface area contributed by atoms with Gasteiger partial charge in [0.15, 0.2) is 5.82 Å². The van der Waals surface area contributed by atoms with E-state index in [1.807, 2.05) is 12.3 Å². The van der Waals surface area contributed by atoms with E-state index in [0.29, 0.717) is 6.61 Å². The molecule has 0 aromatic carbocycles. The highest BCUT2D eigenvalue weighted by Crippen LogP contribution is 2.36. The summed E-state index contributed by atoms with van der Waals surface area (Å²) in [7, 11) is 0.